The average Bonchev–Trinajstić information content (AvgIpc) is 2.87. The second kappa shape index (κ2) is 9.88. The lowest BCUT2D eigenvalue weighted by Gasteiger charge is -2.50. The van der Waals surface area contributed by atoms with Crippen LogP contribution in [0.25, 0.3) is 5.76 Å². The number of aliphatic hydroxyl groups is 4. The molecule has 0 bridgehead atoms. The number of hydrogen-bond donors (Lipinski definition) is 6. The van der Waals surface area contributed by atoms with Gasteiger partial charge in [0.1, 0.15) is 28.6 Å². The summed E-state index contributed by atoms with van der Waals surface area (Å²) in [5.74, 6) is -6.47. The van der Waals surface area contributed by atoms with Gasteiger partial charge >= 0.3 is 0 Å². The van der Waals surface area contributed by atoms with Crippen LogP contribution in [0.2, 0.25) is 0 Å². The number of aromatic hydroxyl groups is 1. The van der Waals surface area contributed by atoms with Crippen LogP contribution < -0.4 is 10.5 Å². The largest absolute Gasteiger partial charge is 0.508 e. The van der Waals surface area contributed by atoms with Gasteiger partial charge in [0.15, 0.2) is 11.4 Å². The number of likely N-dealkylation sites (tertiary alicyclic amines) is 1. The fraction of sp³-hybridized carbons (Fsp3) is 0.536. The molecule has 1 aromatic carbocycles. The molecule has 1 amide bonds. The second-order valence-electron chi connectivity index (χ2n) is 11.4. The number of carbonyl (C=O) groups is 3. The molecule has 0 unspecified atom stereocenters. The van der Waals surface area contributed by atoms with Gasteiger partial charge in [0.05, 0.1) is 24.8 Å². The van der Waals surface area contributed by atoms with E-state index in [-0.39, 0.29) is 35.8 Å². The van der Waals surface area contributed by atoms with Gasteiger partial charge in [-0.3, -0.25) is 24.2 Å². The first-order chi connectivity index (χ1) is 18.8. The number of likely N-dealkylation sites (N-methyl/N-ethyl adjacent to an activating group) is 1. The zero-order chi connectivity index (χ0) is 29.3. The maximum Gasteiger partial charge on any atom is 0.255 e. The molecule has 4 atom stereocenters. The van der Waals surface area contributed by atoms with Gasteiger partial charge < -0.3 is 36.0 Å². The number of ether oxygens (including phenoxy) is 1. The Balaban J connectivity index is 1.63. The number of Topliss-reactive ketones (excluding diaryl/α,β-unsaturated/α-hetero) is 2. The standard InChI is InChI=1S/C28H35N3O9/c1-30(2)21-16-9-12-8-15-19(17(33)10-13(24(15)40-3)11-31-6-4-14(32)5-7-31)22(34)18(12)25(36)28(16,39)26(37)20(23(21)35)27(29)38/h10,12,14,16,21,32-34,37,39H,4-9,11H2,1-3H3,(H2,29,38)/t12-,16-,21-,28-/m0/s1. The number of hydrogen-bond acceptors (Lipinski definition) is 11. The van der Waals surface area contributed by atoms with Gasteiger partial charge in [0.2, 0.25) is 5.78 Å². The highest BCUT2D eigenvalue weighted by Crippen LogP contribution is 2.54. The number of phenols is 1. The van der Waals surface area contributed by atoms with Crippen molar-refractivity contribution >= 4 is 23.2 Å². The molecule has 2 fully saturated rings. The van der Waals surface area contributed by atoms with Crippen LogP contribution in [0.1, 0.15) is 36.0 Å². The summed E-state index contributed by atoms with van der Waals surface area (Å²) in [4.78, 5) is 42.9. The van der Waals surface area contributed by atoms with Crippen LogP contribution in [0.5, 0.6) is 11.5 Å². The fourth-order valence-corrected chi connectivity index (χ4v) is 7.05. The number of amides is 1. The van der Waals surface area contributed by atoms with E-state index in [1.165, 1.54) is 18.1 Å². The Morgan fingerprint density at radius 2 is 1.85 bits per heavy atom. The SMILES string of the molecule is COc1c(CN2CCC(O)CC2)cc(O)c2c1C[C@H]1C[C@H]3[C@H](N(C)C)C(=O)C(C(N)=O)=C(O)[C@@]3(O)C(=O)C1=C2O. The predicted molar refractivity (Wildman–Crippen MR) is 141 cm³/mol. The number of nitrogens with zero attached hydrogens (tertiary/aromatic N) is 2. The normalized spacial score (nSPS) is 29.4. The van der Waals surface area contributed by atoms with E-state index in [0.717, 1.165) is 0 Å². The number of carbonyl (C=O) groups excluding carboxylic acids is 3. The van der Waals surface area contributed by atoms with Crippen LogP contribution in [0, 0.1) is 11.8 Å². The van der Waals surface area contributed by atoms with E-state index in [0.29, 0.717) is 49.4 Å². The summed E-state index contributed by atoms with van der Waals surface area (Å²) in [6, 6.07) is 0.322. The van der Waals surface area contributed by atoms with Crippen molar-refractivity contribution in [3.05, 3.63) is 39.7 Å². The monoisotopic (exact) mass is 557 g/mol. The highest BCUT2D eigenvalue weighted by atomic mass is 16.5. The van der Waals surface area contributed by atoms with Gasteiger partial charge in [0, 0.05) is 42.3 Å². The van der Waals surface area contributed by atoms with Crippen molar-refractivity contribution in [1.29, 1.82) is 0 Å². The minimum Gasteiger partial charge on any atom is -0.508 e. The van der Waals surface area contributed by atoms with Gasteiger partial charge in [0.25, 0.3) is 5.91 Å². The molecular formula is C28H35N3O9. The molecule has 1 saturated heterocycles. The van der Waals surface area contributed by atoms with E-state index in [2.05, 4.69) is 4.90 Å². The van der Waals surface area contributed by atoms with Gasteiger partial charge in [-0.15, -0.1) is 0 Å². The zero-order valence-electron chi connectivity index (χ0n) is 22.7. The summed E-state index contributed by atoms with van der Waals surface area (Å²) in [5.41, 5.74) is 2.78. The number of ketones is 2. The number of aliphatic hydroxyl groups excluding tert-OH is 3. The fourth-order valence-electron chi connectivity index (χ4n) is 7.05. The quantitative estimate of drug-likeness (QED) is 0.265. The number of nitrogens with two attached hydrogens (primary N) is 1. The minimum atomic E-state index is -2.68. The molecule has 40 heavy (non-hydrogen) atoms. The van der Waals surface area contributed by atoms with Crippen molar-refractivity contribution in [2.75, 3.05) is 34.3 Å². The maximum atomic E-state index is 13.9. The molecule has 1 saturated carbocycles. The molecule has 4 aliphatic rings. The minimum absolute atomic E-state index is 0.00389. The summed E-state index contributed by atoms with van der Waals surface area (Å²) in [7, 11) is 4.59. The molecule has 5 rings (SSSR count). The Morgan fingerprint density at radius 1 is 1.20 bits per heavy atom. The van der Waals surface area contributed by atoms with Gasteiger partial charge in [-0.1, -0.05) is 0 Å². The van der Waals surface area contributed by atoms with Crippen LogP contribution in [0.15, 0.2) is 23.0 Å². The molecule has 1 heterocycles. The highest BCUT2D eigenvalue weighted by Gasteiger charge is 2.64. The molecule has 1 aromatic rings. The molecule has 3 aliphatic carbocycles. The van der Waals surface area contributed by atoms with Gasteiger partial charge in [-0.05, 0) is 51.8 Å². The summed E-state index contributed by atoms with van der Waals surface area (Å²) in [6.45, 7) is 1.77. The summed E-state index contributed by atoms with van der Waals surface area (Å²) in [6.07, 6.45) is 1.07. The number of fused-ring (bicyclic) bond motifs is 3. The zero-order valence-corrected chi connectivity index (χ0v) is 22.7. The Hall–Kier alpha value is -3.45. The van der Waals surface area contributed by atoms with Crippen LogP contribution in [0.4, 0.5) is 0 Å². The molecule has 216 valence electrons. The highest BCUT2D eigenvalue weighted by molar-refractivity contribution is 6.24. The van der Waals surface area contributed by atoms with Crippen molar-refractivity contribution < 1.29 is 44.7 Å². The lowest BCUT2D eigenvalue weighted by atomic mass is 9.57. The number of phenolic OH excluding ortho intramolecular Hbond substituents is 1. The molecule has 12 nitrogen and oxygen atoms in total. The first kappa shape index (κ1) is 28.1. The molecule has 0 spiro atoms. The van der Waals surface area contributed by atoms with Crippen molar-refractivity contribution in [2.45, 2.75) is 50.0 Å². The summed E-state index contributed by atoms with van der Waals surface area (Å²) < 4.78 is 5.76. The van der Waals surface area contributed by atoms with E-state index < -0.39 is 58.0 Å². The summed E-state index contributed by atoms with van der Waals surface area (Å²) in [5, 5.41) is 54.9. The van der Waals surface area contributed by atoms with Crippen LogP contribution in [-0.2, 0) is 27.3 Å². The van der Waals surface area contributed by atoms with E-state index in [9.17, 15) is 39.9 Å². The predicted octanol–water partition coefficient (Wildman–Crippen LogP) is -0.0707. The Morgan fingerprint density at radius 3 is 2.42 bits per heavy atom. The Labute approximate surface area is 230 Å². The van der Waals surface area contributed by atoms with Crippen molar-refractivity contribution in [1.82, 2.24) is 9.80 Å². The second-order valence-corrected chi connectivity index (χ2v) is 11.4. The molecule has 0 aromatic heterocycles. The molecule has 0 radical (unpaired) electrons. The number of methoxy groups -OCH3 is 1. The lowest BCUT2D eigenvalue weighted by molar-refractivity contribution is -0.153. The van der Waals surface area contributed by atoms with Crippen molar-refractivity contribution in [3.63, 3.8) is 0 Å². The summed E-state index contributed by atoms with van der Waals surface area (Å²) >= 11 is 0. The molecule has 7 N–H and O–H groups in total. The van der Waals surface area contributed by atoms with Crippen molar-refractivity contribution in [3.8, 4) is 11.5 Å². The maximum absolute atomic E-state index is 13.9. The number of piperidine rings is 1. The third kappa shape index (κ3) is 4.00. The molecule has 1 aliphatic heterocycles. The first-order valence-electron chi connectivity index (χ1n) is 13.3. The van der Waals surface area contributed by atoms with E-state index >= 15 is 0 Å². The molecular weight excluding hydrogens is 522 g/mol. The van der Waals surface area contributed by atoms with Gasteiger partial charge in [-0.25, -0.2) is 0 Å². The van der Waals surface area contributed by atoms with E-state index in [1.807, 2.05) is 0 Å². The lowest BCUT2D eigenvalue weighted by Crippen LogP contribution is -2.65. The van der Waals surface area contributed by atoms with Gasteiger partial charge in [-0.2, -0.15) is 0 Å². The van der Waals surface area contributed by atoms with Crippen molar-refractivity contribution in [2.24, 2.45) is 17.6 Å². The first-order valence-corrected chi connectivity index (χ1v) is 13.3. The van der Waals surface area contributed by atoms with Crippen LogP contribution in [0.3, 0.4) is 0 Å². The van der Waals surface area contributed by atoms with E-state index in [4.69, 9.17) is 10.5 Å². The topological polar surface area (TPSA) is 194 Å². The number of rotatable bonds is 5. The average molecular weight is 558 g/mol. The molecule has 12 heteroatoms. The van der Waals surface area contributed by atoms with Crippen LogP contribution in [-0.4, -0.2) is 105 Å². The van der Waals surface area contributed by atoms with E-state index in [1.54, 1.807) is 14.1 Å². The smallest absolute Gasteiger partial charge is 0.255 e. The number of benzene rings is 1. The Kier molecular flexibility index (Phi) is 6.94. The Bertz CT molecular complexity index is 1360. The number of primary amides is 1. The third-order valence-electron chi connectivity index (χ3n) is 8.90. The third-order valence-corrected chi connectivity index (χ3v) is 8.90. The van der Waals surface area contributed by atoms with Crippen LogP contribution >= 0.6 is 0 Å².